The van der Waals surface area contributed by atoms with E-state index in [4.69, 9.17) is 0 Å². The second-order valence-electron chi connectivity index (χ2n) is 6.31. The first-order valence-corrected chi connectivity index (χ1v) is 9.03. The molecule has 1 aromatic heterocycles. The molecule has 0 aliphatic rings. The Morgan fingerprint density at radius 3 is 1.88 bits per heavy atom. The molecule has 1 aromatic carbocycles. The van der Waals surface area contributed by atoms with E-state index in [0.717, 1.165) is 12.1 Å². The van der Waals surface area contributed by atoms with Crippen molar-refractivity contribution in [3.63, 3.8) is 0 Å². The minimum absolute atomic E-state index is 0.146. The lowest BCUT2D eigenvalue weighted by molar-refractivity contribution is -0.395. The zero-order chi connectivity index (χ0) is 24.2. The third kappa shape index (κ3) is 4.61. The molecular weight excluding hydrogens is 432 g/mol. The summed E-state index contributed by atoms with van der Waals surface area (Å²) in [4.78, 5) is 59.8. The molecule has 0 saturated carbocycles. The van der Waals surface area contributed by atoms with Crippen LogP contribution < -0.4 is 0 Å². The minimum atomic E-state index is -1.71. The van der Waals surface area contributed by atoms with Gasteiger partial charge in [0, 0.05) is 24.7 Å². The fourth-order valence-electron chi connectivity index (χ4n) is 3.08. The van der Waals surface area contributed by atoms with E-state index in [1.165, 1.54) is 4.90 Å². The van der Waals surface area contributed by atoms with Crippen LogP contribution in [-0.4, -0.2) is 48.6 Å². The summed E-state index contributed by atoms with van der Waals surface area (Å²) >= 11 is 0. The molecule has 168 valence electrons. The van der Waals surface area contributed by atoms with Crippen molar-refractivity contribution in [2.75, 3.05) is 13.1 Å². The zero-order valence-electron chi connectivity index (χ0n) is 16.7. The molecule has 1 atom stereocenters. The average molecular weight is 448 g/mol. The molecule has 0 N–H and O–H groups in total. The number of carbonyl (C=O) groups is 1. The third-order valence-electron chi connectivity index (χ3n) is 4.62. The number of nitro groups is 4. The Morgan fingerprint density at radius 2 is 1.41 bits per heavy atom. The van der Waals surface area contributed by atoms with Gasteiger partial charge in [0.2, 0.25) is 5.91 Å². The van der Waals surface area contributed by atoms with Crippen molar-refractivity contribution in [2.24, 2.45) is 0 Å². The van der Waals surface area contributed by atoms with Crippen LogP contribution in [0.1, 0.15) is 31.0 Å². The average Bonchev–Trinajstić information content (AvgIpc) is 2.74. The Morgan fingerprint density at radius 1 is 0.875 bits per heavy atom. The molecule has 0 spiro atoms. The van der Waals surface area contributed by atoms with Gasteiger partial charge in [-0.2, -0.15) is 0 Å². The number of aromatic nitrogens is 1. The Hall–Kier alpha value is -4.56. The second kappa shape index (κ2) is 9.50. The molecule has 2 rings (SSSR count). The summed E-state index contributed by atoms with van der Waals surface area (Å²) in [6, 6.07) is 3.11. The van der Waals surface area contributed by atoms with E-state index in [1.54, 1.807) is 13.8 Å². The van der Waals surface area contributed by atoms with Crippen molar-refractivity contribution in [1.82, 2.24) is 9.88 Å². The van der Waals surface area contributed by atoms with Gasteiger partial charge in [0.25, 0.3) is 22.7 Å². The number of benzene rings is 1. The van der Waals surface area contributed by atoms with Gasteiger partial charge in [0.1, 0.15) is 17.8 Å². The van der Waals surface area contributed by atoms with Gasteiger partial charge in [-0.05, 0) is 19.9 Å². The van der Waals surface area contributed by atoms with Crippen LogP contribution in [0, 0.1) is 40.5 Å². The maximum Gasteiger partial charge on any atom is 0.298 e. The number of carbonyl (C=O) groups excluding carboxylic acids is 1. The second-order valence-corrected chi connectivity index (χ2v) is 6.31. The molecule has 0 aliphatic carbocycles. The quantitative estimate of drug-likeness (QED) is 0.404. The molecule has 0 bridgehead atoms. The van der Waals surface area contributed by atoms with Gasteiger partial charge in [-0.3, -0.25) is 45.3 Å². The number of amides is 1. The van der Waals surface area contributed by atoms with Crippen LogP contribution in [0.5, 0.6) is 0 Å². The number of hydrogen-bond donors (Lipinski definition) is 0. The maximum absolute atomic E-state index is 13.3. The number of pyridine rings is 1. The van der Waals surface area contributed by atoms with Crippen LogP contribution in [0.25, 0.3) is 0 Å². The van der Waals surface area contributed by atoms with E-state index in [9.17, 15) is 45.3 Å². The topological polar surface area (TPSA) is 206 Å². The van der Waals surface area contributed by atoms with Gasteiger partial charge in [0.15, 0.2) is 0 Å². The molecule has 32 heavy (non-hydrogen) atoms. The van der Waals surface area contributed by atoms with Crippen LogP contribution in [0.15, 0.2) is 30.5 Å². The van der Waals surface area contributed by atoms with Gasteiger partial charge in [0.05, 0.1) is 31.8 Å². The SMILES string of the molecule is CCN(CC)C(=O)C(c1ccc([N+](=O)[O-])cc1[N+](=O)[O-])c1ncc([N+](=O)[O-])cc1[N+](=O)[O-]. The smallest absolute Gasteiger partial charge is 0.298 e. The number of likely N-dealkylation sites (N-methyl/N-ethyl adjacent to an activating group) is 1. The molecule has 0 fully saturated rings. The van der Waals surface area contributed by atoms with Crippen LogP contribution in [0.2, 0.25) is 0 Å². The number of hydrogen-bond acceptors (Lipinski definition) is 10. The predicted octanol–water partition coefficient (Wildman–Crippen LogP) is 2.71. The molecule has 1 heterocycles. The molecule has 1 amide bonds. The Bertz CT molecular complexity index is 1040. The summed E-state index contributed by atoms with van der Waals surface area (Å²) in [6.07, 6.45) is 0.696. The summed E-state index contributed by atoms with van der Waals surface area (Å²) < 4.78 is 0. The van der Waals surface area contributed by atoms with Crippen molar-refractivity contribution >= 4 is 28.7 Å². The van der Waals surface area contributed by atoms with Gasteiger partial charge < -0.3 is 4.90 Å². The lowest BCUT2D eigenvalue weighted by Gasteiger charge is -2.24. The highest BCUT2D eigenvalue weighted by Gasteiger charge is 2.39. The number of non-ortho nitro benzene ring substituents is 1. The van der Waals surface area contributed by atoms with Gasteiger partial charge in [-0.25, -0.2) is 4.98 Å². The highest BCUT2D eigenvalue weighted by atomic mass is 16.6. The maximum atomic E-state index is 13.3. The Kier molecular flexibility index (Phi) is 7.04. The van der Waals surface area contributed by atoms with Crippen molar-refractivity contribution in [1.29, 1.82) is 0 Å². The van der Waals surface area contributed by atoms with Gasteiger partial charge >= 0.3 is 0 Å². The summed E-state index contributed by atoms with van der Waals surface area (Å²) in [5.74, 6) is -2.51. The minimum Gasteiger partial charge on any atom is -0.342 e. The molecule has 2 aromatic rings. The molecule has 0 aliphatic heterocycles. The molecule has 15 heteroatoms. The first kappa shape index (κ1) is 23.7. The van der Waals surface area contributed by atoms with Crippen molar-refractivity contribution in [3.05, 3.63) is 82.2 Å². The van der Waals surface area contributed by atoms with E-state index in [1.807, 2.05) is 0 Å². The summed E-state index contributed by atoms with van der Waals surface area (Å²) in [6.45, 7) is 3.52. The molecular formula is C17H16N6O9. The summed E-state index contributed by atoms with van der Waals surface area (Å²) in [5.41, 5.74) is -3.98. The van der Waals surface area contributed by atoms with E-state index in [0.29, 0.717) is 18.3 Å². The lowest BCUT2D eigenvalue weighted by atomic mass is 9.90. The fourth-order valence-corrected chi connectivity index (χ4v) is 3.08. The van der Waals surface area contributed by atoms with E-state index in [-0.39, 0.29) is 18.7 Å². The normalized spacial score (nSPS) is 11.4. The Labute approximate surface area is 178 Å². The summed E-state index contributed by atoms with van der Waals surface area (Å²) in [5, 5.41) is 45.3. The lowest BCUT2D eigenvalue weighted by Crippen LogP contribution is -2.36. The van der Waals surface area contributed by atoms with Gasteiger partial charge in [-0.1, -0.05) is 0 Å². The number of nitrogens with zero attached hydrogens (tertiary/aromatic N) is 6. The van der Waals surface area contributed by atoms with Gasteiger partial charge in [-0.15, -0.1) is 0 Å². The fraction of sp³-hybridized carbons (Fsp3) is 0.294. The predicted molar refractivity (Wildman–Crippen MR) is 107 cm³/mol. The third-order valence-corrected chi connectivity index (χ3v) is 4.62. The van der Waals surface area contributed by atoms with Crippen LogP contribution in [0.4, 0.5) is 22.7 Å². The first-order chi connectivity index (χ1) is 15.0. The van der Waals surface area contributed by atoms with Crippen LogP contribution in [0.3, 0.4) is 0 Å². The van der Waals surface area contributed by atoms with E-state index >= 15 is 0 Å². The highest BCUT2D eigenvalue weighted by Crippen LogP contribution is 2.39. The molecule has 15 nitrogen and oxygen atoms in total. The first-order valence-electron chi connectivity index (χ1n) is 9.03. The largest absolute Gasteiger partial charge is 0.342 e. The Balaban J connectivity index is 2.90. The van der Waals surface area contributed by atoms with E-state index < -0.39 is 60.0 Å². The number of nitro benzene ring substituents is 2. The van der Waals surface area contributed by atoms with Crippen LogP contribution in [-0.2, 0) is 4.79 Å². The summed E-state index contributed by atoms with van der Waals surface area (Å²) in [7, 11) is 0. The highest BCUT2D eigenvalue weighted by molar-refractivity contribution is 5.89. The molecule has 0 saturated heterocycles. The van der Waals surface area contributed by atoms with Crippen molar-refractivity contribution < 1.29 is 24.5 Å². The van der Waals surface area contributed by atoms with Crippen molar-refractivity contribution in [2.45, 2.75) is 19.8 Å². The zero-order valence-corrected chi connectivity index (χ0v) is 16.7. The number of rotatable bonds is 9. The van der Waals surface area contributed by atoms with E-state index in [2.05, 4.69) is 4.98 Å². The molecule has 0 radical (unpaired) electrons. The van der Waals surface area contributed by atoms with Crippen molar-refractivity contribution in [3.8, 4) is 0 Å². The van der Waals surface area contributed by atoms with Crippen LogP contribution >= 0.6 is 0 Å². The molecule has 1 unspecified atom stereocenters. The monoisotopic (exact) mass is 448 g/mol. The standard InChI is InChI=1S/C17H16N6O9/c1-3-19(4-2)17(24)15(12-6-5-10(20(25)26)7-13(12)22(29)30)16-14(23(31)32)8-11(9-18-16)21(27)28/h5-9,15H,3-4H2,1-2H3.